The zero-order valence-corrected chi connectivity index (χ0v) is 9.58. The Kier molecular flexibility index (Phi) is 4.17. The molecular weight excluding hydrogens is 235 g/mol. The van der Waals surface area contributed by atoms with Crippen LogP contribution in [0.25, 0.3) is 0 Å². The van der Waals surface area contributed by atoms with Gasteiger partial charge in [0.2, 0.25) is 5.88 Å². The molecule has 0 fully saturated rings. The third-order valence-corrected chi connectivity index (χ3v) is 1.95. The molecule has 1 aromatic rings. The van der Waals surface area contributed by atoms with Crippen molar-refractivity contribution >= 4 is 5.69 Å². The summed E-state index contributed by atoms with van der Waals surface area (Å²) in [5.41, 5.74) is 4.28. The molecule has 4 nitrogen and oxygen atoms in total. The van der Waals surface area contributed by atoms with Crippen molar-refractivity contribution in [3.63, 3.8) is 0 Å². The second-order valence-electron chi connectivity index (χ2n) is 3.77. The van der Waals surface area contributed by atoms with Gasteiger partial charge in [0.05, 0.1) is 11.9 Å². The maximum absolute atomic E-state index is 12.6. The number of rotatable bonds is 4. The van der Waals surface area contributed by atoms with E-state index in [1.165, 1.54) is 0 Å². The van der Waals surface area contributed by atoms with Crippen LogP contribution in [0.3, 0.4) is 0 Å². The molecule has 96 valence electrons. The predicted molar refractivity (Wildman–Crippen MR) is 57.7 cm³/mol. The summed E-state index contributed by atoms with van der Waals surface area (Å²) in [4.78, 5) is 5.35. The Bertz CT molecular complexity index is 380. The molecule has 0 aromatic carbocycles. The summed E-state index contributed by atoms with van der Waals surface area (Å²) in [5, 5.41) is 0. The van der Waals surface area contributed by atoms with E-state index < -0.39 is 17.6 Å². The minimum Gasteiger partial charge on any atom is -0.476 e. The maximum atomic E-state index is 12.6. The van der Waals surface area contributed by atoms with Crippen molar-refractivity contribution in [3.8, 4) is 5.88 Å². The number of ether oxygens (including phenoxy) is 1. The summed E-state index contributed by atoms with van der Waals surface area (Å²) in [7, 11) is 3.59. The predicted octanol–water partition coefficient (Wildman–Crippen LogP) is 1.62. The van der Waals surface area contributed by atoms with Gasteiger partial charge in [-0.25, -0.2) is 4.98 Å². The number of hydrogen-bond acceptors (Lipinski definition) is 4. The minimum atomic E-state index is -4.52. The molecule has 0 spiro atoms. The zero-order valence-electron chi connectivity index (χ0n) is 9.58. The Hall–Kier alpha value is -1.50. The zero-order chi connectivity index (χ0) is 13.1. The second-order valence-corrected chi connectivity index (χ2v) is 3.77. The largest absolute Gasteiger partial charge is 0.476 e. The fourth-order valence-corrected chi connectivity index (χ4v) is 1.11. The summed E-state index contributed by atoms with van der Waals surface area (Å²) in [6.45, 7) is 0.635. The van der Waals surface area contributed by atoms with Crippen LogP contribution in [-0.2, 0) is 6.18 Å². The van der Waals surface area contributed by atoms with Crippen LogP contribution in [0.5, 0.6) is 5.88 Å². The highest BCUT2D eigenvalue weighted by Crippen LogP contribution is 2.35. The lowest BCUT2D eigenvalue weighted by molar-refractivity contribution is -0.139. The molecule has 0 atom stereocenters. The van der Waals surface area contributed by atoms with Crippen molar-refractivity contribution in [2.24, 2.45) is 0 Å². The summed E-state index contributed by atoms with van der Waals surface area (Å²) >= 11 is 0. The molecule has 1 aromatic heterocycles. The molecule has 2 N–H and O–H groups in total. The van der Waals surface area contributed by atoms with Crippen molar-refractivity contribution in [3.05, 3.63) is 17.8 Å². The van der Waals surface area contributed by atoms with E-state index in [9.17, 15) is 13.2 Å². The summed E-state index contributed by atoms with van der Waals surface area (Å²) in [5.74, 6) is -0.437. The normalized spacial score (nSPS) is 11.9. The van der Waals surface area contributed by atoms with Crippen LogP contribution in [0.1, 0.15) is 5.56 Å². The lowest BCUT2D eigenvalue weighted by atomic mass is 10.2. The molecular formula is C10H14F3N3O. The summed E-state index contributed by atoms with van der Waals surface area (Å²) in [6.07, 6.45) is -3.38. The molecule has 0 amide bonds. The number of nitrogen functional groups attached to an aromatic ring is 1. The van der Waals surface area contributed by atoms with E-state index in [1.54, 1.807) is 19.0 Å². The van der Waals surface area contributed by atoms with E-state index >= 15 is 0 Å². The first-order chi connectivity index (χ1) is 7.80. The highest BCUT2D eigenvalue weighted by Gasteiger charge is 2.35. The van der Waals surface area contributed by atoms with Gasteiger partial charge < -0.3 is 15.4 Å². The van der Waals surface area contributed by atoms with Gasteiger partial charge >= 0.3 is 6.18 Å². The van der Waals surface area contributed by atoms with Crippen molar-refractivity contribution < 1.29 is 17.9 Å². The minimum absolute atomic E-state index is 0.0442. The van der Waals surface area contributed by atoms with Crippen LogP contribution in [-0.4, -0.2) is 37.1 Å². The van der Waals surface area contributed by atoms with Crippen LogP contribution in [0.2, 0.25) is 0 Å². The fraction of sp³-hybridized carbons (Fsp3) is 0.500. The number of halogens is 3. The fourth-order valence-electron chi connectivity index (χ4n) is 1.11. The highest BCUT2D eigenvalue weighted by molar-refractivity contribution is 5.43. The van der Waals surface area contributed by atoms with Gasteiger partial charge in [0.15, 0.2) is 0 Å². The highest BCUT2D eigenvalue weighted by atomic mass is 19.4. The van der Waals surface area contributed by atoms with Crippen LogP contribution in [0, 0.1) is 0 Å². The Balaban J connectivity index is 2.84. The van der Waals surface area contributed by atoms with E-state index in [0.717, 1.165) is 12.3 Å². The summed E-state index contributed by atoms with van der Waals surface area (Å²) in [6, 6.07) is 0.817. The Morgan fingerprint density at radius 3 is 2.59 bits per heavy atom. The number of likely N-dealkylation sites (N-methyl/N-ethyl adjacent to an activating group) is 1. The lowest BCUT2D eigenvalue weighted by Crippen LogP contribution is -2.21. The topological polar surface area (TPSA) is 51.4 Å². The maximum Gasteiger partial charge on any atom is 0.421 e. The van der Waals surface area contributed by atoms with Gasteiger partial charge in [-0.15, -0.1) is 0 Å². The smallest absolute Gasteiger partial charge is 0.421 e. The molecule has 0 aliphatic heterocycles. The molecule has 0 aliphatic carbocycles. The van der Waals surface area contributed by atoms with Crippen LogP contribution in [0.4, 0.5) is 18.9 Å². The van der Waals surface area contributed by atoms with E-state index in [2.05, 4.69) is 4.98 Å². The van der Waals surface area contributed by atoms with Gasteiger partial charge in [0.25, 0.3) is 0 Å². The van der Waals surface area contributed by atoms with Crippen molar-refractivity contribution in [2.45, 2.75) is 6.18 Å². The SMILES string of the molecule is CN(C)CCOc1ncc(N)cc1C(F)(F)F. The molecule has 0 saturated heterocycles. The number of alkyl halides is 3. The molecule has 1 rings (SSSR count). The van der Waals surface area contributed by atoms with Gasteiger partial charge in [-0.2, -0.15) is 13.2 Å². The number of aromatic nitrogens is 1. The van der Waals surface area contributed by atoms with Gasteiger partial charge in [-0.3, -0.25) is 0 Å². The van der Waals surface area contributed by atoms with Crippen LogP contribution in [0.15, 0.2) is 12.3 Å². The van der Waals surface area contributed by atoms with E-state index in [-0.39, 0.29) is 12.3 Å². The Labute approximate surface area is 97.2 Å². The van der Waals surface area contributed by atoms with Crippen LogP contribution >= 0.6 is 0 Å². The van der Waals surface area contributed by atoms with E-state index in [4.69, 9.17) is 10.5 Å². The molecule has 0 radical (unpaired) electrons. The second kappa shape index (κ2) is 5.22. The van der Waals surface area contributed by atoms with Crippen molar-refractivity contribution in [1.82, 2.24) is 9.88 Å². The number of pyridine rings is 1. The number of nitrogens with two attached hydrogens (primary N) is 1. The first-order valence-corrected chi connectivity index (χ1v) is 4.91. The van der Waals surface area contributed by atoms with E-state index in [0.29, 0.717) is 6.54 Å². The molecule has 0 unspecified atom stereocenters. The number of nitrogens with zero attached hydrogens (tertiary/aromatic N) is 2. The quantitative estimate of drug-likeness (QED) is 0.881. The summed E-state index contributed by atoms with van der Waals surface area (Å²) < 4.78 is 42.9. The number of hydrogen-bond donors (Lipinski definition) is 1. The molecule has 7 heteroatoms. The monoisotopic (exact) mass is 249 g/mol. The average molecular weight is 249 g/mol. The van der Waals surface area contributed by atoms with E-state index in [1.807, 2.05) is 0 Å². The lowest BCUT2D eigenvalue weighted by Gasteiger charge is -2.14. The molecule has 0 saturated carbocycles. The average Bonchev–Trinajstić information content (AvgIpc) is 2.18. The van der Waals surface area contributed by atoms with Gasteiger partial charge in [0, 0.05) is 6.54 Å². The van der Waals surface area contributed by atoms with Gasteiger partial charge in [-0.05, 0) is 20.2 Å². The first-order valence-electron chi connectivity index (χ1n) is 4.91. The van der Waals surface area contributed by atoms with Gasteiger partial charge in [0.1, 0.15) is 12.2 Å². The number of anilines is 1. The molecule has 0 bridgehead atoms. The van der Waals surface area contributed by atoms with Crippen LogP contribution < -0.4 is 10.5 Å². The van der Waals surface area contributed by atoms with Gasteiger partial charge in [-0.1, -0.05) is 0 Å². The first kappa shape index (κ1) is 13.6. The third-order valence-electron chi connectivity index (χ3n) is 1.95. The molecule has 0 aliphatic rings. The van der Waals surface area contributed by atoms with Crippen molar-refractivity contribution in [2.75, 3.05) is 33.0 Å². The Morgan fingerprint density at radius 1 is 1.41 bits per heavy atom. The third kappa shape index (κ3) is 4.10. The Morgan fingerprint density at radius 2 is 2.06 bits per heavy atom. The molecule has 17 heavy (non-hydrogen) atoms. The molecule has 1 heterocycles. The van der Waals surface area contributed by atoms with Crippen molar-refractivity contribution in [1.29, 1.82) is 0 Å². The standard InChI is InChI=1S/C10H14F3N3O/c1-16(2)3-4-17-9-8(10(11,12)13)5-7(14)6-15-9/h5-6H,3-4,14H2,1-2H3.